The van der Waals surface area contributed by atoms with Crippen LogP contribution in [0.5, 0.6) is 0 Å². The number of aryl methyl sites for hydroxylation is 2. The molecule has 3 nitrogen and oxygen atoms in total. The summed E-state index contributed by atoms with van der Waals surface area (Å²) < 4.78 is 38.3. The first kappa shape index (κ1) is 11.3. The van der Waals surface area contributed by atoms with Gasteiger partial charge in [0, 0.05) is 17.3 Å². The van der Waals surface area contributed by atoms with Gasteiger partial charge in [-0.25, -0.2) is 9.97 Å². The van der Waals surface area contributed by atoms with E-state index in [9.17, 15) is 13.2 Å². The Morgan fingerprint density at radius 1 is 1.31 bits per heavy atom. The molecule has 1 aliphatic carbocycles. The van der Waals surface area contributed by atoms with E-state index in [2.05, 4.69) is 9.97 Å². The number of hydrogen-bond donors (Lipinski definition) is 1. The number of nitrogens with two attached hydrogens (primary N) is 1. The molecule has 1 aromatic rings. The second-order valence-corrected chi connectivity index (χ2v) is 4.05. The molecule has 16 heavy (non-hydrogen) atoms. The molecule has 0 aromatic carbocycles. The lowest BCUT2D eigenvalue weighted by atomic mass is 9.91. The Morgan fingerprint density at radius 3 is 2.62 bits per heavy atom. The van der Waals surface area contributed by atoms with Gasteiger partial charge in [-0.15, -0.1) is 0 Å². The fourth-order valence-corrected chi connectivity index (χ4v) is 2.00. The number of rotatable bonds is 0. The van der Waals surface area contributed by atoms with Crippen molar-refractivity contribution in [3.8, 4) is 0 Å². The second-order valence-electron chi connectivity index (χ2n) is 4.05. The highest BCUT2D eigenvalue weighted by atomic mass is 19.4. The number of fused-ring (bicyclic) bond motifs is 1. The Labute approximate surface area is 90.9 Å². The van der Waals surface area contributed by atoms with E-state index in [-0.39, 0.29) is 23.9 Å². The zero-order chi connectivity index (χ0) is 11.9. The van der Waals surface area contributed by atoms with Gasteiger partial charge in [0.25, 0.3) is 0 Å². The van der Waals surface area contributed by atoms with Gasteiger partial charge in [0.2, 0.25) is 0 Å². The van der Waals surface area contributed by atoms with Crippen LogP contribution in [0.1, 0.15) is 29.2 Å². The molecule has 6 heteroatoms. The van der Waals surface area contributed by atoms with E-state index < -0.39 is 11.9 Å². The lowest BCUT2D eigenvalue weighted by Gasteiger charge is -2.23. The first-order valence-electron chi connectivity index (χ1n) is 5.07. The summed E-state index contributed by atoms with van der Waals surface area (Å²) in [7, 11) is 0. The van der Waals surface area contributed by atoms with Gasteiger partial charge < -0.3 is 5.73 Å². The minimum atomic E-state index is -4.42. The quantitative estimate of drug-likeness (QED) is 0.738. The van der Waals surface area contributed by atoms with Gasteiger partial charge in [0.1, 0.15) is 5.82 Å². The Bertz CT molecular complexity index is 415. The fraction of sp³-hybridized carbons (Fsp3) is 0.600. The third-order valence-corrected chi connectivity index (χ3v) is 2.69. The van der Waals surface area contributed by atoms with Gasteiger partial charge in [0.15, 0.2) is 5.69 Å². The third-order valence-electron chi connectivity index (χ3n) is 2.69. The van der Waals surface area contributed by atoms with Gasteiger partial charge >= 0.3 is 6.18 Å². The molecular weight excluding hydrogens is 219 g/mol. The first-order chi connectivity index (χ1) is 7.38. The molecule has 0 amide bonds. The van der Waals surface area contributed by atoms with Gasteiger partial charge in [-0.1, -0.05) is 0 Å². The molecule has 1 aromatic heterocycles. The van der Waals surface area contributed by atoms with Crippen LogP contribution in [0, 0.1) is 6.92 Å². The Hall–Kier alpha value is -1.17. The summed E-state index contributed by atoms with van der Waals surface area (Å²) in [6.45, 7) is 1.48. The molecule has 0 saturated heterocycles. The van der Waals surface area contributed by atoms with Crippen LogP contribution in [0.3, 0.4) is 0 Å². The number of halogens is 3. The van der Waals surface area contributed by atoms with Crippen molar-refractivity contribution in [3.63, 3.8) is 0 Å². The van der Waals surface area contributed by atoms with Crippen LogP contribution in [0.2, 0.25) is 0 Å². The van der Waals surface area contributed by atoms with Crippen molar-refractivity contribution >= 4 is 0 Å². The zero-order valence-corrected chi connectivity index (χ0v) is 8.80. The molecule has 0 saturated carbocycles. The van der Waals surface area contributed by atoms with Crippen LogP contribution in [-0.4, -0.2) is 16.0 Å². The van der Waals surface area contributed by atoms with E-state index in [1.165, 1.54) is 6.92 Å². The summed E-state index contributed by atoms with van der Waals surface area (Å²) in [4.78, 5) is 7.56. The van der Waals surface area contributed by atoms with Crippen LogP contribution in [0.25, 0.3) is 0 Å². The summed E-state index contributed by atoms with van der Waals surface area (Å²) in [6, 6.07) is -0.222. The highest BCUT2D eigenvalue weighted by Gasteiger charge is 2.38. The molecule has 0 spiro atoms. The molecule has 2 rings (SSSR count). The molecule has 0 fully saturated rings. The van der Waals surface area contributed by atoms with E-state index in [4.69, 9.17) is 5.73 Å². The molecular formula is C10H12F3N3. The van der Waals surface area contributed by atoms with E-state index in [1.807, 2.05) is 0 Å². The minimum Gasteiger partial charge on any atom is -0.327 e. The van der Waals surface area contributed by atoms with E-state index >= 15 is 0 Å². The lowest BCUT2D eigenvalue weighted by molar-refractivity contribution is -0.142. The molecule has 1 aliphatic rings. The first-order valence-corrected chi connectivity index (χ1v) is 5.07. The van der Waals surface area contributed by atoms with Crippen LogP contribution in [0.4, 0.5) is 13.2 Å². The van der Waals surface area contributed by atoms with Gasteiger partial charge in [-0.05, 0) is 26.2 Å². The lowest BCUT2D eigenvalue weighted by Crippen LogP contribution is -2.31. The van der Waals surface area contributed by atoms with Crippen molar-refractivity contribution in [1.82, 2.24) is 9.97 Å². The normalized spacial score (nSPS) is 20.7. The summed E-state index contributed by atoms with van der Waals surface area (Å²) in [5.41, 5.74) is 5.54. The third kappa shape index (κ3) is 2.02. The molecule has 1 unspecified atom stereocenters. The predicted molar refractivity (Wildman–Crippen MR) is 51.8 cm³/mol. The largest absolute Gasteiger partial charge is 0.433 e. The van der Waals surface area contributed by atoms with Gasteiger partial charge in [-0.3, -0.25) is 0 Å². The topological polar surface area (TPSA) is 51.8 Å². The Kier molecular flexibility index (Phi) is 2.61. The molecule has 0 bridgehead atoms. The standard InChI is InChI=1S/C10H12F3N3/c1-5-15-8-3-2-6(14)4-7(8)9(16-5)10(11,12)13/h6H,2-4,14H2,1H3. The Balaban J connectivity index is 2.56. The van der Waals surface area contributed by atoms with Crippen LogP contribution < -0.4 is 5.73 Å². The van der Waals surface area contributed by atoms with E-state index in [0.717, 1.165) is 0 Å². The highest BCUT2D eigenvalue weighted by Crippen LogP contribution is 2.34. The maximum absolute atomic E-state index is 12.8. The average molecular weight is 231 g/mol. The summed E-state index contributed by atoms with van der Waals surface area (Å²) >= 11 is 0. The minimum absolute atomic E-state index is 0.168. The molecule has 88 valence electrons. The van der Waals surface area contributed by atoms with Gasteiger partial charge in [0.05, 0.1) is 0 Å². The predicted octanol–water partition coefficient (Wildman–Crippen LogP) is 1.62. The van der Waals surface area contributed by atoms with Crippen molar-refractivity contribution in [1.29, 1.82) is 0 Å². The number of nitrogens with zero attached hydrogens (tertiary/aromatic N) is 2. The molecule has 1 atom stereocenters. The summed E-state index contributed by atoms with van der Waals surface area (Å²) in [6.07, 6.45) is -3.02. The van der Waals surface area contributed by atoms with Crippen molar-refractivity contribution in [2.75, 3.05) is 0 Å². The SMILES string of the molecule is Cc1nc2c(c(C(F)(F)F)n1)CC(N)CC2. The zero-order valence-electron chi connectivity index (χ0n) is 8.80. The van der Waals surface area contributed by atoms with E-state index in [0.29, 0.717) is 18.5 Å². The number of alkyl halides is 3. The maximum Gasteiger partial charge on any atom is 0.433 e. The Morgan fingerprint density at radius 2 is 2.00 bits per heavy atom. The number of aromatic nitrogens is 2. The average Bonchev–Trinajstić information content (AvgIpc) is 2.16. The van der Waals surface area contributed by atoms with Crippen LogP contribution in [-0.2, 0) is 19.0 Å². The maximum atomic E-state index is 12.8. The smallest absolute Gasteiger partial charge is 0.327 e. The highest BCUT2D eigenvalue weighted by molar-refractivity contribution is 5.31. The van der Waals surface area contributed by atoms with Crippen molar-refractivity contribution < 1.29 is 13.2 Å². The van der Waals surface area contributed by atoms with Crippen molar-refractivity contribution in [3.05, 3.63) is 22.8 Å². The monoisotopic (exact) mass is 231 g/mol. The summed E-state index contributed by atoms with van der Waals surface area (Å²) in [5.74, 6) is 0.168. The summed E-state index contributed by atoms with van der Waals surface area (Å²) in [5, 5.41) is 0. The number of hydrogen-bond acceptors (Lipinski definition) is 3. The van der Waals surface area contributed by atoms with Crippen LogP contribution in [0.15, 0.2) is 0 Å². The molecule has 0 radical (unpaired) electrons. The van der Waals surface area contributed by atoms with Crippen molar-refractivity contribution in [2.24, 2.45) is 5.73 Å². The van der Waals surface area contributed by atoms with Crippen molar-refractivity contribution in [2.45, 2.75) is 38.4 Å². The fourth-order valence-electron chi connectivity index (χ4n) is 2.00. The molecule has 1 heterocycles. The van der Waals surface area contributed by atoms with Gasteiger partial charge in [-0.2, -0.15) is 13.2 Å². The molecule has 2 N–H and O–H groups in total. The molecule has 0 aliphatic heterocycles. The van der Waals surface area contributed by atoms with E-state index in [1.54, 1.807) is 0 Å². The second kappa shape index (κ2) is 3.69. The van der Waals surface area contributed by atoms with Crippen LogP contribution >= 0.6 is 0 Å².